The number of nitrogens with zero attached hydrogens (tertiary/aromatic N) is 1. The topological polar surface area (TPSA) is 32.7 Å². The summed E-state index contributed by atoms with van der Waals surface area (Å²) in [7, 11) is 0. The molecule has 17 heavy (non-hydrogen) atoms. The highest BCUT2D eigenvalue weighted by Gasteiger charge is 2.35. The Balaban J connectivity index is 1.63. The van der Waals surface area contributed by atoms with Crippen molar-refractivity contribution in [3.8, 4) is 0 Å². The molecule has 1 saturated heterocycles. The molecule has 0 amide bonds. The summed E-state index contributed by atoms with van der Waals surface area (Å²) in [4.78, 5) is 2.53. The summed E-state index contributed by atoms with van der Waals surface area (Å²) in [6, 6.07) is 0. The van der Waals surface area contributed by atoms with E-state index >= 15 is 0 Å². The first-order valence-corrected chi connectivity index (χ1v) is 7.26. The van der Waals surface area contributed by atoms with Crippen LogP contribution in [0.2, 0.25) is 0 Å². The van der Waals surface area contributed by atoms with Gasteiger partial charge < -0.3 is 14.7 Å². The predicted molar refractivity (Wildman–Crippen MR) is 69.1 cm³/mol. The van der Waals surface area contributed by atoms with Crippen molar-refractivity contribution in [2.45, 2.75) is 44.9 Å². The number of rotatable bonds is 5. The molecule has 2 fully saturated rings. The molecule has 3 nitrogen and oxygen atoms in total. The summed E-state index contributed by atoms with van der Waals surface area (Å²) in [5.74, 6) is 0. The molecule has 0 unspecified atom stereocenters. The quantitative estimate of drug-likeness (QED) is 0.748. The lowest BCUT2D eigenvalue weighted by Gasteiger charge is -2.44. The molecule has 0 aromatic carbocycles. The summed E-state index contributed by atoms with van der Waals surface area (Å²) < 4.78 is 5.33. The minimum atomic E-state index is 0.142. The van der Waals surface area contributed by atoms with Gasteiger partial charge in [0.1, 0.15) is 0 Å². The lowest BCUT2D eigenvalue weighted by Crippen LogP contribution is -2.42. The van der Waals surface area contributed by atoms with E-state index in [1.54, 1.807) is 0 Å². The summed E-state index contributed by atoms with van der Waals surface area (Å²) in [6.07, 6.45) is 10.1. The number of piperidine rings is 1. The summed E-state index contributed by atoms with van der Waals surface area (Å²) >= 11 is 0. The average Bonchev–Trinajstić information content (AvgIpc) is 2.38. The third-order valence-corrected chi connectivity index (χ3v) is 4.62. The molecule has 1 N–H and O–H groups in total. The average molecular weight is 241 g/mol. The van der Waals surface area contributed by atoms with Crippen molar-refractivity contribution in [3.05, 3.63) is 0 Å². The van der Waals surface area contributed by atoms with Crippen LogP contribution in [-0.4, -0.2) is 49.5 Å². The van der Waals surface area contributed by atoms with Crippen molar-refractivity contribution in [2.24, 2.45) is 5.41 Å². The van der Waals surface area contributed by atoms with Crippen molar-refractivity contribution < 1.29 is 9.84 Å². The molecule has 0 bridgehead atoms. The van der Waals surface area contributed by atoms with E-state index in [1.165, 1.54) is 58.0 Å². The Hall–Kier alpha value is -0.120. The van der Waals surface area contributed by atoms with E-state index in [4.69, 9.17) is 9.84 Å². The Morgan fingerprint density at radius 2 is 1.65 bits per heavy atom. The highest BCUT2D eigenvalue weighted by atomic mass is 16.5. The maximum Gasteiger partial charge on any atom is 0.0698 e. The van der Waals surface area contributed by atoms with Crippen LogP contribution in [0.4, 0.5) is 0 Å². The molecular weight excluding hydrogens is 214 g/mol. The fourth-order valence-electron chi connectivity index (χ4n) is 3.41. The number of hydrogen-bond donors (Lipinski definition) is 1. The van der Waals surface area contributed by atoms with Crippen LogP contribution in [0, 0.1) is 5.41 Å². The van der Waals surface area contributed by atoms with Crippen molar-refractivity contribution >= 4 is 0 Å². The van der Waals surface area contributed by atoms with Crippen LogP contribution < -0.4 is 0 Å². The van der Waals surface area contributed by atoms with Gasteiger partial charge >= 0.3 is 0 Å². The molecule has 1 aliphatic carbocycles. The van der Waals surface area contributed by atoms with Crippen LogP contribution in [-0.2, 0) is 4.74 Å². The van der Waals surface area contributed by atoms with E-state index in [-0.39, 0.29) is 6.61 Å². The van der Waals surface area contributed by atoms with Crippen molar-refractivity contribution in [1.29, 1.82) is 0 Å². The standard InChI is InChI=1S/C14H27NO2/c16-11-13-17-12-10-15-8-6-14(7-9-15)4-2-1-3-5-14/h16H,1-13H2. The monoisotopic (exact) mass is 241 g/mol. The van der Waals surface area contributed by atoms with Crippen molar-refractivity contribution in [1.82, 2.24) is 4.90 Å². The normalized spacial score (nSPS) is 25.2. The maximum absolute atomic E-state index is 8.63. The predicted octanol–water partition coefficient (Wildman–Crippen LogP) is 2.04. The van der Waals surface area contributed by atoms with E-state index in [0.717, 1.165) is 13.2 Å². The highest BCUT2D eigenvalue weighted by molar-refractivity contribution is 4.88. The zero-order valence-electron chi connectivity index (χ0n) is 11.0. The van der Waals surface area contributed by atoms with Crippen LogP contribution in [0.15, 0.2) is 0 Å². The Kier molecular flexibility index (Phi) is 5.26. The molecule has 0 atom stereocenters. The van der Waals surface area contributed by atoms with Gasteiger partial charge in [-0.25, -0.2) is 0 Å². The number of aliphatic hydroxyl groups excluding tert-OH is 1. The highest BCUT2D eigenvalue weighted by Crippen LogP contribution is 2.44. The SMILES string of the molecule is OCCOCCN1CCC2(CCCCC2)CC1. The fraction of sp³-hybridized carbons (Fsp3) is 1.00. The van der Waals surface area contributed by atoms with Gasteiger partial charge in [-0.05, 0) is 44.2 Å². The molecule has 0 radical (unpaired) electrons. The summed E-state index contributed by atoms with van der Waals surface area (Å²) in [5.41, 5.74) is 0.709. The maximum atomic E-state index is 8.63. The van der Waals surface area contributed by atoms with Gasteiger partial charge in [0, 0.05) is 6.54 Å². The minimum Gasteiger partial charge on any atom is -0.394 e. The van der Waals surface area contributed by atoms with Gasteiger partial charge in [0.25, 0.3) is 0 Å². The molecule has 1 spiro atoms. The second-order valence-electron chi connectivity index (χ2n) is 5.74. The van der Waals surface area contributed by atoms with Gasteiger partial charge in [0.2, 0.25) is 0 Å². The molecule has 0 aromatic rings. The Morgan fingerprint density at radius 1 is 0.941 bits per heavy atom. The van der Waals surface area contributed by atoms with Crippen LogP contribution in [0.3, 0.4) is 0 Å². The second kappa shape index (κ2) is 6.72. The smallest absolute Gasteiger partial charge is 0.0698 e. The summed E-state index contributed by atoms with van der Waals surface area (Å²) in [5, 5.41) is 8.63. The number of likely N-dealkylation sites (tertiary alicyclic amines) is 1. The van der Waals surface area contributed by atoms with Gasteiger partial charge in [-0.15, -0.1) is 0 Å². The number of aliphatic hydroxyl groups is 1. The molecule has 100 valence electrons. The molecule has 1 saturated carbocycles. The zero-order valence-corrected chi connectivity index (χ0v) is 11.0. The molecular formula is C14H27NO2. The van der Waals surface area contributed by atoms with Crippen LogP contribution in [0.25, 0.3) is 0 Å². The second-order valence-corrected chi connectivity index (χ2v) is 5.74. The van der Waals surface area contributed by atoms with Gasteiger partial charge in [0.05, 0.1) is 19.8 Å². The molecule has 3 heteroatoms. The third-order valence-electron chi connectivity index (χ3n) is 4.62. The minimum absolute atomic E-state index is 0.142. The van der Waals surface area contributed by atoms with Crippen molar-refractivity contribution in [3.63, 3.8) is 0 Å². The zero-order chi connectivity index (χ0) is 12.0. The lowest BCUT2D eigenvalue weighted by molar-refractivity contribution is 0.0359. The first-order valence-electron chi connectivity index (χ1n) is 7.26. The number of ether oxygens (including phenoxy) is 1. The van der Waals surface area contributed by atoms with E-state index in [0.29, 0.717) is 12.0 Å². The van der Waals surface area contributed by atoms with Crippen LogP contribution >= 0.6 is 0 Å². The van der Waals surface area contributed by atoms with E-state index in [2.05, 4.69) is 4.90 Å². The lowest BCUT2D eigenvalue weighted by atomic mass is 9.68. The van der Waals surface area contributed by atoms with Gasteiger partial charge in [-0.1, -0.05) is 19.3 Å². The Labute approximate surface area is 105 Å². The first-order chi connectivity index (χ1) is 8.35. The third kappa shape index (κ3) is 3.94. The summed E-state index contributed by atoms with van der Waals surface area (Å²) in [6.45, 7) is 4.94. The van der Waals surface area contributed by atoms with Crippen LogP contribution in [0.1, 0.15) is 44.9 Å². The Morgan fingerprint density at radius 3 is 2.29 bits per heavy atom. The Bertz CT molecular complexity index is 204. The van der Waals surface area contributed by atoms with Gasteiger partial charge in [-0.3, -0.25) is 0 Å². The van der Waals surface area contributed by atoms with E-state index < -0.39 is 0 Å². The van der Waals surface area contributed by atoms with E-state index in [1.807, 2.05) is 0 Å². The molecule has 1 heterocycles. The molecule has 1 aliphatic heterocycles. The van der Waals surface area contributed by atoms with Gasteiger partial charge in [-0.2, -0.15) is 0 Å². The fourth-order valence-corrected chi connectivity index (χ4v) is 3.41. The largest absolute Gasteiger partial charge is 0.394 e. The number of hydrogen-bond acceptors (Lipinski definition) is 3. The molecule has 2 aliphatic rings. The molecule has 2 rings (SSSR count). The molecule has 0 aromatic heterocycles. The van der Waals surface area contributed by atoms with Crippen molar-refractivity contribution in [2.75, 3.05) is 39.5 Å². The van der Waals surface area contributed by atoms with E-state index in [9.17, 15) is 0 Å². The first kappa shape index (κ1) is 13.3. The van der Waals surface area contributed by atoms with Crippen LogP contribution in [0.5, 0.6) is 0 Å². The van der Waals surface area contributed by atoms with Gasteiger partial charge in [0.15, 0.2) is 0 Å².